The van der Waals surface area contributed by atoms with E-state index in [0.717, 1.165) is 17.5 Å². The highest BCUT2D eigenvalue weighted by Gasteiger charge is 2.26. The second-order valence-electron chi connectivity index (χ2n) is 5.81. The summed E-state index contributed by atoms with van der Waals surface area (Å²) in [7, 11) is 0. The molecule has 0 N–H and O–H groups in total. The molecule has 0 amide bonds. The lowest BCUT2D eigenvalue weighted by molar-refractivity contribution is 0.462. The largest absolute Gasteiger partial charge is 0.203 e. The molecule has 0 aromatic heterocycles. The van der Waals surface area contributed by atoms with Crippen molar-refractivity contribution in [3.8, 4) is 22.3 Å². The van der Waals surface area contributed by atoms with Crippen LogP contribution in [0.25, 0.3) is 22.3 Å². The van der Waals surface area contributed by atoms with Crippen LogP contribution in [0.5, 0.6) is 0 Å². The summed E-state index contributed by atoms with van der Waals surface area (Å²) >= 11 is 4.25. The Hall–Kier alpha value is -2.82. The number of isothiocyanates is 1. The molecule has 27 heavy (non-hydrogen) atoms. The maximum atomic E-state index is 14.3. The minimum atomic E-state index is -1.61. The molecule has 6 heteroatoms. The summed E-state index contributed by atoms with van der Waals surface area (Å²) in [6.07, 6.45) is 0.915. The summed E-state index contributed by atoms with van der Waals surface area (Å²) in [6.45, 7) is 2.05. The Labute approximate surface area is 159 Å². The summed E-state index contributed by atoms with van der Waals surface area (Å²) in [5.41, 5.74) is 1.00. The Bertz CT molecular complexity index is 1010. The highest BCUT2D eigenvalue weighted by Crippen LogP contribution is 2.36. The lowest BCUT2D eigenvalue weighted by atomic mass is 9.98. The maximum absolute atomic E-state index is 14.3. The summed E-state index contributed by atoms with van der Waals surface area (Å²) in [4.78, 5) is 3.06. The van der Waals surface area contributed by atoms with Crippen LogP contribution in [-0.4, -0.2) is 5.16 Å². The third-order valence-corrected chi connectivity index (χ3v) is 4.36. The van der Waals surface area contributed by atoms with Gasteiger partial charge >= 0.3 is 0 Å². The lowest BCUT2D eigenvalue weighted by Crippen LogP contribution is -2.00. The molecule has 0 aliphatic carbocycles. The third-order valence-electron chi connectivity index (χ3n) is 4.27. The van der Waals surface area contributed by atoms with Gasteiger partial charge in [-0.05, 0) is 40.9 Å². The minimum Gasteiger partial charge on any atom is -0.203 e. The van der Waals surface area contributed by atoms with Crippen molar-refractivity contribution in [3.63, 3.8) is 0 Å². The number of hydrogen-bond donors (Lipinski definition) is 0. The third kappa shape index (κ3) is 3.54. The topological polar surface area (TPSA) is 12.4 Å². The van der Waals surface area contributed by atoms with Crippen molar-refractivity contribution >= 4 is 23.1 Å². The monoisotopic (exact) mass is 387 g/mol. The molecule has 0 atom stereocenters. The van der Waals surface area contributed by atoms with Gasteiger partial charge in [-0.25, -0.2) is 17.6 Å². The molecule has 0 saturated heterocycles. The van der Waals surface area contributed by atoms with Crippen molar-refractivity contribution in [1.82, 2.24) is 0 Å². The minimum absolute atomic E-state index is 0.00890. The molecular formula is C21H13F4NS. The first-order valence-electron chi connectivity index (χ1n) is 8.11. The van der Waals surface area contributed by atoms with Gasteiger partial charge in [-0.2, -0.15) is 4.99 Å². The summed E-state index contributed by atoms with van der Waals surface area (Å²) in [6, 6.07) is 13.9. The van der Waals surface area contributed by atoms with E-state index in [1.165, 1.54) is 17.7 Å². The predicted octanol–water partition coefficient (Wildman–Crippen LogP) is 6.87. The number of rotatable bonds is 4. The number of halogens is 4. The first-order valence-corrected chi connectivity index (χ1v) is 8.52. The van der Waals surface area contributed by atoms with Crippen LogP contribution < -0.4 is 0 Å². The van der Waals surface area contributed by atoms with Gasteiger partial charge in [-0.3, -0.25) is 0 Å². The molecule has 1 nitrogen and oxygen atoms in total. The van der Waals surface area contributed by atoms with Gasteiger partial charge in [0.1, 0.15) is 0 Å². The zero-order valence-corrected chi connectivity index (χ0v) is 15.0. The first-order chi connectivity index (χ1) is 13.0. The van der Waals surface area contributed by atoms with Crippen molar-refractivity contribution in [1.29, 1.82) is 0 Å². The van der Waals surface area contributed by atoms with Gasteiger partial charge in [-0.1, -0.05) is 55.5 Å². The summed E-state index contributed by atoms with van der Waals surface area (Å²) in [5.74, 6) is -6.28. The fourth-order valence-electron chi connectivity index (χ4n) is 2.78. The quantitative estimate of drug-likeness (QED) is 0.206. The fourth-order valence-corrected chi connectivity index (χ4v) is 2.87. The maximum Gasteiger partial charge on any atom is 0.189 e. The predicted molar refractivity (Wildman–Crippen MR) is 101 cm³/mol. The average Bonchev–Trinajstić information content (AvgIpc) is 2.70. The van der Waals surface area contributed by atoms with E-state index in [-0.39, 0.29) is 5.56 Å². The summed E-state index contributed by atoms with van der Waals surface area (Å²) < 4.78 is 56.7. The van der Waals surface area contributed by atoms with Crippen molar-refractivity contribution < 1.29 is 17.6 Å². The van der Waals surface area contributed by atoms with Gasteiger partial charge in [0, 0.05) is 0 Å². The standard InChI is InChI=1S/C21H13F4NS/c1-2-12-3-5-13(6-4-12)14-7-9-15(10-8-14)16-17(22)19(24)21(26-11-27)20(25)18(16)23/h3-10H,2H2,1H3. The zero-order chi connectivity index (χ0) is 19.6. The van der Waals surface area contributed by atoms with Gasteiger partial charge in [0.2, 0.25) is 0 Å². The second kappa shape index (κ2) is 7.82. The molecule has 0 radical (unpaired) electrons. The molecular weight excluding hydrogens is 374 g/mol. The van der Waals surface area contributed by atoms with Crippen LogP contribution in [0.4, 0.5) is 23.2 Å². The van der Waals surface area contributed by atoms with Crippen LogP contribution in [0, 0.1) is 23.3 Å². The molecule has 0 heterocycles. The van der Waals surface area contributed by atoms with E-state index in [1.54, 1.807) is 17.3 Å². The molecule has 0 spiro atoms. The molecule has 3 rings (SSSR count). The molecule has 0 unspecified atom stereocenters. The second-order valence-corrected chi connectivity index (χ2v) is 5.99. The van der Waals surface area contributed by atoms with Crippen LogP contribution in [0.2, 0.25) is 0 Å². The number of thiocarbonyl (C=S) groups is 1. The van der Waals surface area contributed by atoms with E-state index >= 15 is 0 Å². The van der Waals surface area contributed by atoms with Crippen LogP contribution >= 0.6 is 12.2 Å². The molecule has 0 aliphatic rings. The van der Waals surface area contributed by atoms with Crippen LogP contribution in [-0.2, 0) is 6.42 Å². The Kier molecular flexibility index (Phi) is 5.49. The highest BCUT2D eigenvalue weighted by atomic mass is 32.1. The van der Waals surface area contributed by atoms with E-state index in [2.05, 4.69) is 24.1 Å². The number of nitrogens with zero attached hydrogens (tertiary/aromatic N) is 1. The molecule has 0 fully saturated rings. The van der Waals surface area contributed by atoms with E-state index in [1.807, 2.05) is 24.3 Å². The van der Waals surface area contributed by atoms with E-state index in [0.29, 0.717) is 0 Å². The van der Waals surface area contributed by atoms with Crippen molar-refractivity contribution in [2.24, 2.45) is 4.99 Å². The summed E-state index contributed by atoms with van der Waals surface area (Å²) in [5, 5.41) is 1.71. The van der Waals surface area contributed by atoms with Crippen molar-refractivity contribution in [2.75, 3.05) is 0 Å². The first kappa shape index (κ1) is 19.0. The van der Waals surface area contributed by atoms with Gasteiger partial charge in [0.05, 0.1) is 10.7 Å². The van der Waals surface area contributed by atoms with E-state index in [4.69, 9.17) is 0 Å². The Balaban J connectivity index is 2.06. The lowest BCUT2D eigenvalue weighted by Gasteiger charge is -2.10. The number of aliphatic imine (C=N–C) groups is 1. The smallest absolute Gasteiger partial charge is 0.189 e. The van der Waals surface area contributed by atoms with Crippen LogP contribution in [0.3, 0.4) is 0 Å². The normalized spacial score (nSPS) is 10.6. The van der Waals surface area contributed by atoms with Crippen LogP contribution in [0.1, 0.15) is 12.5 Å². The number of benzene rings is 3. The zero-order valence-electron chi connectivity index (χ0n) is 14.2. The fraction of sp³-hybridized carbons (Fsp3) is 0.0952. The molecule has 136 valence electrons. The van der Waals surface area contributed by atoms with Crippen molar-refractivity contribution in [3.05, 3.63) is 77.4 Å². The number of hydrogen-bond acceptors (Lipinski definition) is 2. The Morgan fingerprint density at radius 1 is 0.741 bits per heavy atom. The molecule has 3 aromatic carbocycles. The highest BCUT2D eigenvalue weighted by molar-refractivity contribution is 7.78. The molecule has 0 saturated carbocycles. The Morgan fingerprint density at radius 2 is 1.19 bits per heavy atom. The molecule has 3 aromatic rings. The van der Waals surface area contributed by atoms with Gasteiger partial charge in [0.15, 0.2) is 29.0 Å². The molecule has 0 bridgehead atoms. The van der Waals surface area contributed by atoms with E-state index < -0.39 is 34.5 Å². The Morgan fingerprint density at radius 3 is 1.63 bits per heavy atom. The SMILES string of the molecule is CCc1ccc(-c2ccc(-c3c(F)c(F)c(N=C=S)c(F)c3F)cc2)cc1. The average molecular weight is 387 g/mol. The van der Waals surface area contributed by atoms with Gasteiger partial charge in [0.25, 0.3) is 0 Å². The van der Waals surface area contributed by atoms with Gasteiger partial charge in [-0.15, -0.1) is 0 Å². The van der Waals surface area contributed by atoms with Gasteiger partial charge < -0.3 is 0 Å². The van der Waals surface area contributed by atoms with Crippen LogP contribution in [0.15, 0.2) is 53.5 Å². The van der Waals surface area contributed by atoms with E-state index in [9.17, 15) is 17.6 Å². The van der Waals surface area contributed by atoms with Crippen molar-refractivity contribution in [2.45, 2.75) is 13.3 Å². The molecule has 0 aliphatic heterocycles. The number of aryl methyl sites for hydroxylation is 1.